The molecule has 0 spiro atoms. The molecule has 3 rings (SSSR count). The van der Waals surface area contributed by atoms with E-state index in [9.17, 15) is 13.2 Å². The molecule has 0 saturated heterocycles. The van der Waals surface area contributed by atoms with Gasteiger partial charge >= 0.3 is 6.18 Å². The molecule has 0 bridgehead atoms. The van der Waals surface area contributed by atoms with Crippen molar-refractivity contribution in [1.29, 1.82) is 0 Å². The fraction of sp³-hybridized carbons (Fsp3) is 0.385. The minimum atomic E-state index is -4.60. The molecule has 34 heavy (non-hydrogen) atoms. The van der Waals surface area contributed by atoms with Crippen molar-refractivity contribution >= 4 is 23.1 Å². The van der Waals surface area contributed by atoms with E-state index < -0.39 is 11.7 Å². The average Bonchev–Trinajstić information content (AvgIpc) is 2.80. The summed E-state index contributed by atoms with van der Waals surface area (Å²) in [5.74, 6) is 0.801. The predicted molar refractivity (Wildman–Crippen MR) is 130 cm³/mol. The summed E-state index contributed by atoms with van der Waals surface area (Å²) < 4.78 is 46.4. The van der Waals surface area contributed by atoms with E-state index in [1.807, 2.05) is 24.3 Å². The van der Waals surface area contributed by atoms with E-state index in [1.165, 1.54) is 6.42 Å². The number of hydrogen-bond donors (Lipinski definition) is 2. The second-order valence-corrected chi connectivity index (χ2v) is 8.41. The fourth-order valence-electron chi connectivity index (χ4n) is 3.32. The van der Waals surface area contributed by atoms with E-state index in [0.717, 1.165) is 31.0 Å². The third-order valence-electron chi connectivity index (χ3n) is 5.31. The van der Waals surface area contributed by atoms with Gasteiger partial charge in [-0.2, -0.15) is 18.2 Å². The summed E-state index contributed by atoms with van der Waals surface area (Å²) in [5.41, 5.74) is 1.38. The molecule has 0 saturated carbocycles. The first-order valence-corrected chi connectivity index (χ1v) is 11.6. The Morgan fingerprint density at radius 1 is 0.882 bits per heavy atom. The van der Waals surface area contributed by atoms with Gasteiger partial charge in [-0.25, -0.2) is 4.98 Å². The van der Waals surface area contributed by atoms with Gasteiger partial charge in [0, 0.05) is 17.6 Å². The van der Waals surface area contributed by atoms with Crippen LogP contribution in [0.25, 0.3) is 0 Å². The normalized spacial score (nSPS) is 11.5. The number of halogens is 3. The van der Waals surface area contributed by atoms with Gasteiger partial charge in [0.05, 0.1) is 6.61 Å². The number of benzene rings is 2. The Labute approximate surface area is 198 Å². The van der Waals surface area contributed by atoms with Crippen LogP contribution in [0, 0.1) is 0 Å². The first kappa shape index (κ1) is 25.3. The van der Waals surface area contributed by atoms with Gasteiger partial charge in [0.2, 0.25) is 5.95 Å². The first-order chi connectivity index (χ1) is 16.3. The van der Waals surface area contributed by atoms with E-state index >= 15 is 0 Å². The number of unbranched alkanes of at least 4 members (excludes halogenated alkanes) is 3. The number of rotatable bonds is 11. The fourth-order valence-corrected chi connectivity index (χ4v) is 3.32. The number of nitrogens with zero attached hydrogens (tertiary/aromatic N) is 2. The van der Waals surface area contributed by atoms with Crippen LogP contribution in [0.3, 0.4) is 0 Å². The average molecular weight is 473 g/mol. The Morgan fingerprint density at radius 3 is 2.15 bits per heavy atom. The lowest BCUT2D eigenvalue weighted by atomic mass is 10.0. The van der Waals surface area contributed by atoms with Crippen LogP contribution in [-0.4, -0.2) is 16.6 Å². The van der Waals surface area contributed by atoms with Gasteiger partial charge in [0.1, 0.15) is 17.1 Å². The topological polar surface area (TPSA) is 59.1 Å². The maximum absolute atomic E-state index is 13.6. The van der Waals surface area contributed by atoms with Crippen molar-refractivity contribution in [2.75, 3.05) is 17.2 Å². The molecule has 3 aromatic rings. The Balaban J connectivity index is 1.72. The van der Waals surface area contributed by atoms with Gasteiger partial charge in [-0.3, -0.25) is 0 Å². The van der Waals surface area contributed by atoms with Crippen LogP contribution in [0.15, 0.2) is 54.7 Å². The molecule has 0 fully saturated rings. The largest absolute Gasteiger partial charge is 0.494 e. The van der Waals surface area contributed by atoms with E-state index in [1.54, 1.807) is 24.3 Å². The highest BCUT2D eigenvalue weighted by Gasteiger charge is 2.35. The van der Waals surface area contributed by atoms with Crippen molar-refractivity contribution in [2.24, 2.45) is 0 Å². The van der Waals surface area contributed by atoms with Gasteiger partial charge in [0.15, 0.2) is 0 Å². The number of aromatic nitrogens is 2. The molecule has 0 atom stereocenters. The molecule has 0 unspecified atom stereocenters. The molecule has 8 heteroatoms. The van der Waals surface area contributed by atoms with Crippen LogP contribution < -0.4 is 15.4 Å². The number of alkyl halides is 3. The maximum atomic E-state index is 13.6. The minimum absolute atomic E-state index is 0.0693. The zero-order valence-corrected chi connectivity index (χ0v) is 19.7. The maximum Gasteiger partial charge on any atom is 0.421 e. The number of nitrogens with one attached hydrogen (secondary N) is 2. The molecule has 1 heterocycles. The van der Waals surface area contributed by atoms with Gasteiger partial charge < -0.3 is 15.4 Å². The number of anilines is 4. The lowest BCUT2D eigenvalue weighted by molar-refractivity contribution is -0.137. The highest BCUT2D eigenvalue weighted by Crippen LogP contribution is 2.35. The first-order valence-electron chi connectivity index (χ1n) is 11.6. The standard InChI is InChI=1S/C26H31F3N4O/c1-4-5-6-7-16-34-22-14-12-20(13-15-22)31-24-23(26(27,28)29)17-30-25(33-24)32-21-10-8-19(9-11-21)18(2)3/h8-15,17-18H,4-7,16H2,1-3H3,(H2,30,31,32,33). The van der Waals surface area contributed by atoms with Crippen LogP contribution in [0.4, 0.5) is 36.3 Å². The van der Waals surface area contributed by atoms with Crippen LogP contribution in [0.5, 0.6) is 5.75 Å². The second-order valence-electron chi connectivity index (χ2n) is 8.41. The van der Waals surface area contributed by atoms with E-state index in [4.69, 9.17) is 4.74 Å². The summed E-state index contributed by atoms with van der Waals surface area (Å²) in [4.78, 5) is 7.97. The van der Waals surface area contributed by atoms with Crippen LogP contribution in [0.2, 0.25) is 0 Å². The van der Waals surface area contributed by atoms with Crippen molar-refractivity contribution < 1.29 is 17.9 Å². The molecular weight excluding hydrogens is 441 g/mol. The quantitative estimate of drug-likeness (QED) is 0.276. The Hall–Kier alpha value is -3.29. The highest BCUT2D eigenvalue weighted by molar-refractivity contribution is 5.63. The van der Waals surface area contributed by atoms with Crippen molar-refractivity contribution in [3.05, 3.63) is 65.9 Å². The van der Waals surface area contributed by atoms with Crippen molar-refractivity contribution in [2.45, 2.75) is 58.5 Å². The lowest BCUT2D eigenvalue weighted by Crippen LogP contribution is -2.12. The molecule has 0 aliphatic rings. The molecule has 0 radical (unpaired) electrons. The van der Waals surface area contributed by atoms with E-state index in [2.05, 4.69) is 41.4 Å². The van der Waals surface area contributed by atoms with Crippen LogP contribution >= 0.6 is 0 Å². The summed E-state index contributed by atoms with van der Waals surface area (Å²) in [6.07, 6.45) is 0.606. The van der Waals surface area contributed by atoms with Crippen molar-refractivity contribution in [3.8, 4) is 5.75 Å². The molecule has 0 amide bonds. The van der Waals surface area contributed by atoms with Crippen molar-refractivity contribution in [3.63, 3.8) is 0 Å². The van der Waals surface area contributed by atoms with Gasteiger partial charge in [-0.1, -0.05) is 52.2 Å². The molecule has 0 aliphatic carbocycles. The second kappa shape index (κ2) is 11.7. The Bertz CT molecular complexity index is 1040. The zero-order valence-electron chi connectivity index (χ0n) is 19.7. The van der Waals surface area contributed by atoms with E-state index in [0.29, 0.717) is 29.6 Å². The number of hydrogen-bond acceptors (Lipinski definition) is 5. The monoisotopic (exact) mass is 472 g/mol. The third-order valence-corrected chi connectivity index (χ3v) is 5.31. The summed E-state index contributed by atoms with van der Waals surface area (Å²) in [6.45, 7) is 6.94. The number of ether oxygens (including phenoxy) is 1. The minimum Gasteiger partial charge on any atom is -0.494 e. The molecular formula is C26H31F3N4O. The smallest absolute Gasteiger partial charge is 0.421 e. The summed E-state index contributed by atoms with van der Waals surface area (Å²) in [6, 6.07) is 14.4. The lowest BCUT2D eigenvalue weighted by Gasteiger charge is -2.15. The van der Waals surface area contributed by atoms with E-state index in [-0.39, 0.29) is 11.8 Å². The SMILES string of the molecule is CCCCCCOc1ccc(Nc2nc(Nc3ccc(C(C)C)cc3)ncc2C(F)(F)F)cc1. The summed E-state index contributed by atoms with van der Waals surface area (Å²) in [7, 11) is 0. The predicted octanol–water partition coefficient (Wildman–Crippen LogP) is 8.07. The van der Waals surface area contributed by atoms with Gasteiger partial charge in [-0.15, -0.1) is 0 Å². The zero-order chi connectivity index (χ0) is 24.6. The highest BCUT2D eigenvalue weighted by atomic mass is 19.4. The van der Waals surface area contributed by atoms with Gasteiger partial charge in [-0.05, 0) is 54.3 Å². The van der Waals surface area contributed by atoms with Crippen molar-refractivity contribution in [1.82, 2.24) is 9.97 Å². The van der Waals surface area contributed by atoms with Gasteiger partial charge in [0.25, 0.3) is 0 Å². The Kier molecular flexibility index (Phi) is 8.73. The molecule has 5 nitrogen and oxygen atoms in total. The van der Waals surface area contributed by atoms with Crippen LogP contribution in [-0.2, 0) is 6.18 Å². The third kappa shape index (κ3) is 7.37. The molecule has 2 N–H and O–H groups in total. The molecule has 0 aliphatic heterocycles. The molecule has 2 aromatic carbocycles. The Morgan fingerprint density at radius 2 is 1.53 bits per heavy atom. The molecule has 1 aromatic heterocycles. The summed E-state index contributed by atoms with van der Waals surface area (Å²) >= 11 is 0. The van der Waals surface area contributed by atoms with Crippen LogP contribution in [0.1, 0.15) is 63.5 Å². The molecule has 182 valence electrons. The summed E-state index contributed by atoms with van der Waals surface area (Å²) in [5, 5.41) is 5.75.